The fourth-order valence-corrected chi connectivity index (χ4v) is 3.90. The van der Waals surface area contributed by atoms with Crippen molar-refractivity contribution in [2.24, 2.45) is 17.8 Å². The molecule has 2 fully saturated rings. The molecule has 1 aliphatic carbocycles. The van der Waals surface area contributed by atoms with E-state index in [0.717, 1.165) is 30.0 Å². The second kappa shape index (κ2) is 5.75. The van der Waals surface area contributed by atoms with Crippen LogP contribution in [0.5, 0.6) is 0 Å². The SMILES string of the molecule is CCc1nc(CC(=O)N2C[C@H](C(=O)O)[C@@H](C3CC3)C2)cs1. The molecule has 2 heterocycles. The average Bonchev–Trinajstić information content (AvgIpc) is 3.03. The van der Waals surface area contributed by atoms with Gasteiger partial charge >= 0.3 is 5.97 Å². The number of aromatic nitrogens is 1. The van der Waals surface area contributed by atoms with Gasteiger partial charge in [-0.05, 0) is 31.1 Å². The number of likely N-dealkylation sites (tertiary alicyclic amines) is 1. The third-order valence-electron chi connectivity index (χ3n) is 4.50. The van der Waals surface area contributed by atoms with Crippen LogP contribution in [0.25, 0.3) is 0 Å². The molecule has 5 nitrogen and oxygen atoms in total. The van der Waals surface area contributed by atoms with Gasteiger partial charge in [-0.15, -0.1) is 11.3 Å². The van der Waals surface area contributed by atoms with E-state index in [1.807, 2.05) is 12.3 Å². The third-order valence-corrected chi connectivity index (χ3v) is 5.54. The molecule has 0 aromatic carbocycles. The predicted octanol–water partition coefficient (Wildman–Crippen LogP) is 1.82. The largest absolute Gasteiger partial charge is 0.481 e. The van der Waals surface area contributed by atoms with Gasteiger partial charge in [0.25, 0.3) is 0 Å². The van der Waals surface area contributed by atoms with Crippen LogP contribution in [0.2, 0.25) is 0 Å². The van der Waals surface area contributed by atoms with Gasteiger partial charge in [0.1, 0.15) is 0 Å². The van der Waals surface area contributed by atoms with Crippen molar-refractivity contribution in [1.82, 2.24) is 9.88 Å². The van der Waals surface area contributed by atoms with Gasteiger partial charge < -0.3 is 10.0 Å². The van der Waals surface area contributed by atoms with Crippen molar-refractivity contribution in [3.8, 4) is 0 Å². The zero-order valence-corrected chi connectivity index (χ0v) is 12.9. The maximum Gasteiger partial charge on any atom is 0.308 e. The summed E-state index contributed by atoms with van der Waals surface area (Å²) in [5.41, 5.74) is 0.809. The highest BCUT2D eigenvalue weighted by Gasteiger charge is 2.46. The summed E-state index contributed by atoms with van der Waals surface area (Å²) >= 11 is 1.58. The number of thiazole rings is 1. The molecule has 0 spiro atoms. The molecule has 114 valence electrons. The van der Waals surface area contributed by atoms with Crippen LogP contribution in [-0.4, -0.2) is 40.0 Å². The highest BCUT2D eigenvalue weighted by atomic mass is 32.1. The van der Waals surface area contributed by atoms with Crippen LogP contribution in [0.3, 0.4) is 0 Å². The number of carbonyl (C=O) groups is 2. The Morgan fingerprint density at radius 2 is 2.19 bits per heavy atom. The molecule has 0 unspecified atom stereocenters. The zero-order valence-electron chi connectivity index (χ0n) is 12.1. The Hall–Kier alpha value is -1.43. The second-order valence-electron chi connectivity index (χ2n) is 6.01. The number of aryl methyl sites for hydroxylation is 1. The molecule has 2 aliphatic rings. The first-order chi connectivity index (χ1) is 10.1. The Bertz CT molecular complexity index is 553. The van der Waals surface area contributed by atoms with Crippen LogP contribution in [0.1, 0.15) is 30.5 Å². The molecule has 1 N–H and O–H groups in total. The Morgan fingerprint density at radius 3 is 2.76 bits per heavy atom. The highest BCUT2D eigenvalue weighted by Crippen LogP contribution is 2.44. The normalized spacial score (nSPS) is 25.3. The number of hydrogen-bond acceptors (Lipinski definition) is 4. The number of carbonyl (C=O) groups excluding carboxylic acids is 1. The summed E-state index contributed by atoms with van der Waals surface area (Å²) in [4.78, 5) is 29.9. The quantitative estimate of drug-likeness (QED) is 0.900. The molecule has 1 saturated carbocycles. The third kappa shape index (κ3) is 3.10. The Labute approximate surface area is 128 Å². The van der Waals surface area contributed by atoms with E-state index in [9.17, 15) is 14.7 Å². The van der Waals surface area contributed by atoms with Crippen LogP contribution in [0, 0.1) is 17.8 Å². The number of hydrogen-bond donors (Lipinski definition) is 1. The van der Waals surface area contributed by atoms with E-state index in [0.29, 0.717) is 25.4 Å². The van der Waals surface area contributed by atoms with E-state index >= 15 is 0 Å². The minimum atomic E-state index is -0.760. The van der Waals surface area contributed by atoms with E-state index in [1.54, 1.807) is 16.2 Å². The molecule has 1 aromatic heterocycles. The molecule has 1 aromatic rings. The van der Waals surface area contributed by atoms with E-state index in [1.165, 1.54) is 0 Å². The van der Waals surface area contributed by atoms with Crippen molar-refractivity contribution in [3.05, 3.63) is 16.1 Å². The molecule has 1 amide bonds. The van der Waals surface area contributed by atoms with Crippen LogP contribution >= 0.6 is 11.3 Å². The van der Waals surface area contributed by atoms with Crippen molar-refractivity contribution < 1.29 is 14.7 Å². The van der Waals surface area contributed by atoms with Crippen molar-refractivity contribution in [2.45, 2.75) is 32.6 Å². The lowest BCUT2D eigenvalue weighted by Gasteiger charge is -2.15. The standard InChI is InChI=1S/C15H20N2O3S/c1-2-13-16-10(8-21-13)5-14(18)17-6-11(9-3-4-9)12(7-17)15(19)20/h8-9,11-12H,2-7H2,1H3,(H,19,20)/t11-,12+/m1/s1. The molecule has 6 heteroatoms. The fraction of sp³-hybridized carbons (Fsp3) is 0.667. The van der Waals surface area contributed by atoms with Crippen molar-refractivity contribution in [3.63, 3.8) is 0 Å². The van der Waals surface area contributed by atoms with Gasteiger partial charge in [-0.3, -0.25) is 9.59 Å². The molecule has 0 bridgehead atoms. The topological polar surface area (TPSA) is 70.5 Å². The lowest BCUT2D eigenvalue weighted by atomic mass is 9.92. The minimum Gasteiger partial charge on any atom is -0.481 e. The number of rotatable bonds is 5. The molecule has 21 heavy (non-hydrogen) atoms. The summed E-state index contributed by atoms with van der Waals surface area (Å²) < 4.78 is 0. The summed E-state index contributed by atoms with van der Waals surface area (Å²) in [6.45, 7) is 3.01. The Morgan fingerprint density at radius 1 is 1.43 bits per heavy atom. The van der Waals surface area contributed by atoms with Gasteiger partial charge in [0.05, 0.1) is 23.0 Å². The zero-order chi connectivity index (χ0) is 15.0. The molecule has 2 atom stereocenters. The fourth-order valence-electron chi connectivity index (χ4n) is 3.16. The Balaban J connectivity index is 1.63. The van der Waals surface area contributed by atoms with Crippen molar-refractivity contribution in [1.29, 1.82) is 0 Å². The Kier molecular flexibility index (Phi) is 3.97. The molecule has 0 radical (unpaired) electrons. The lowest BCUT2D eigenvalue weighted by Crippen LogP contribution is -2.31. The van der Waals surface area contributed by atoms with Gasteiger partial charge in [-0.1, -0.05) is 6.92 Å². The van der Waals surface area contributed by atoms with Gasteiger partial charge in [0, 0.05) is 18.5 Å². The molecular weight excluding hydrogens is 288 g/mol. The van der Waals surface area contributed by atoms with Crippen molar-refractivity contribution >= 4 is 23.2 Å². The number of carboxylic acid groups (broad SMARTS) is 1. The number of nitrogens with zero attached hydrogens (tertiary/aromatic N) is 2. The second-order valence-corrected chi connectivity index (χ2v) is 6.95. The number of carboxylic acids is 1. The predicted molar refractivity (Wildman–Crippen MR) is 79.1 cm³/mol. The molecule has 3 rings (SSSR count). The smallest absolute Gasteiger partial charge is 0.308 e. The van der Waals surface area contributed by atoms with Gasteiger partial charge in [0.2, 0.25) is 5.91 Å². The minimum absolute atomic E-state index is 0.0114. The maximum absolute atomic E-state index is 12.4. The van der Waals surface area contributed by atoms with E-state index < -0.39 is 5.97 Å². The van der Waals surface area contributed by atoms with E-state index in [4.69, 9.17) is 0 Å². The summed E-state index contributed by atoms with van der Waals surface area (Å²) in [6.07, 6.45) is 3.40. The lowest BCUT2D eigenvalue weighted by molar-refractivity contribution is -0.142. The molecule has 1 aliphatic heterocycles. The van der Waals surface area contributed by atoms with Crippen molar-refractivity contribution in [2.75, 3.05) is 13.1 Å². The van der Waals surface area contributed by atoms with E-state index in [2.05, 4.69) is 4.98 Å². The summed E-state index contributed by atoms with van der Waals surface area (Å²) in [5.74, 6) is -0.479. The van der Waals surface area contributed by atoms with Crippen LogP contribution < -0.4 is 0 Å². The van der Waals surface area contributed by atoms with Gasteiger partial charge in [-0.2, -0.15) is 0 Å². The molecule has 1 saturated heterocycles. The monoisotopic (exact) mass is 308 g/mol. The highest BCUT2D eigenvalue weighted by molar-refractivity contribution is 7.09. The molecular formula is C15H20N2O3S. The first kappa shape index (κ1) is 14.5. The van der Waals surface area contributed by atoms with Crippen LogP contribution in [0.4, 0.5) is 0 Å². The number of aliphatic carboxylic acids is 1. The average molecular weight is 308 g/mol. The summed E-state index contributed by atoms with van der Waals surface area (Å²) in [7, 11) is 0. The summed E-state index contributed by atoms with van der Waals surface area (Å²) in [5, 5.41) is 12.3. The van der Waals surface area contributed by atoms with Crippen LogP contribution in [0.15, 0.2) is 5.38 Å². The number of amides is 1. The first-order valence-corrected chi connectivity index (χ1v) is 8.40. The van der Waals surface area contributed by atoms with Gasteiger partial charge in [0.15, 0.2) is 0 Å². The van der Waals surface area contributed by atoms with E-state index in [-0.39, 0.29) is 17.7 Å². The maximum atomic E-state index is 12.4. The van der Waals surface area contributed by atoms with Gasteiger partial charge in [-0.25, -0.2) is 4.98 Å². The first-order valence-electron chi connectivity index (χ1n) is 7.52. The summed E-state index contributed by atoms with van der Waals surface area (Å²) in [6, 6.07) is 0. The van der Waals surface area contributed by atoms with Crippen LogP contribution in [-0.2, 0) is 22.4 Å².